The van der Waals surface area contributed by atoms with Gasteiger partial charge in [-0.2, -0.15) is 15.8 Å². The summed E-state index contributed by atoms with van der Waals surface area (Å²) >= 11 is 0. The summed E-state index contributed by atoms with van der Waals surface area (Å²) in [4.78, 5) is 44.6. The maximum absolute atomic E-state index is 10.4. The van der Waals surface area contributed by atoms with E-state index >= 15 is 0 Å². The Balaban J connectivity index is 1.52. The van der Waals surface area contributed by atoms with E-state index in [1.165, 1.54) is 0 Å². The van der Waals surface area contributed by atoms with Crippen molar-refractivity contribution in [2.45, 2.75) is 20.8 Å². The number of hydrogen-bond acceptors (Lipinski definition) is 13. The predicted octanol–water partition coefficient (Wildman–Crippen LogP) is 0.627. The van der Waals surface area contributed by atoms with Crippen molar-refractivity contribution in [3.63, 3.8) is 0 Å². The molecule has 7 heterocycles. The second kappa shape index (κ2) is 10.4. The maximum Gasteiger partial charge on any atom is 0.173 e. The molecule has 0 aliphatic carbocycles. The Kier molecular flexibility index (Phi) is 6.24. The molecule has 7 rings (SSSR count). The highest BCUT2D eigenvalue weighted by atomic mass is 15.0. The molecule has 13 nitrogen and oxygen atoms in total. The number of allylic oxidation sites excluding steroid dienone is 3. The van der Waals surface area contributed by atoms with Crippen LogP contribution in [0.3, 0.4) is 0 Å². The summed E-state index contributed by atoms with van der Waals surface area (Å²) in [5.74, 6) is 0.424. The van der Waals surface area contributed by atoms with E-state index in [-0.39, 0.29) is 45.6 Å². The van der Waals surface area contributed by atoms with Gasteiger partial charge in [0.25, 0.3) is 0 Å². The molecule has 13 heteroatoms. The van der Waals surface area contributed by atoms with E-state index in [9.17, 15) is 15.8 Å². The highest BCUT2D eigenvalue weighted by molar-refractivity contribution is 5.87. The van der Waals surface area contributed by atoms with Gasteiger partial charge in [-0.15, -0.1) is 0 Å². The monoisotopic (exact) mass is 583 g/mol. The van der Waals surface area contributed by atoms with Crippen LogP contribution in [0.25, 0.3) is 16.7 Å². The normalized spacial score (nSPS) is 16.8. The highest BCUT2D eigenvalue weighted by Crippen LogP contribution is 2.30. The minimum Gasteiger partial charge on any atom is -0.262 e. The van der Waals surface area contributed by atoms with Crippen LogP contribution in [-0.4, -0.2) is 19.9 Å². The summed E-state index contributed by atoms with van der Waals surface area (Å²) in [6.07, 6.45) is 9.69. The SMILES string of the molecule is Cc1cncc2c1=N/C(=C(\C#N)c1cc(/C(C#N)=C3\N=c4cncc(C)c4=N3)nc(/C(C#N)=C3\N=c4cncc(C)c4=N3)c1)N=2. The van der Waals surface area contributed by atoms with E-state index in [0.29, 0.717) is 37.7 Å². The van der Waals surface area contributed by atoms with E-state index in [1.807, 2.05) is 20.8 Å². The number of pyridine rings is 4. The van der Waals surface area contributed by atoms with Crippen LogP contribution in [-0.2, 0) is 0 Å². The van der Waals surface area contributed by atoms with Crippen LogP contribution < -0.4 is 32.1 Å². The average Bonchev–Trinajstić information content (AvgIpc) is 3.77. The Labute approximate surface area is 253 Å². The summed E-state index contributed by atoms with van der Waals surface area (Å²) in [6, 6.07) is 9.65. The van der Waals surface area contributed by atoms with Crippen LogP contribution in [0.4, 0.5) is 0 Å². The number of fused-ring (bicyclic) bond motifs is 3. The highest BCUT2D eigenvalue weighted by Gasteiger charge is 2.22. The molecule has 0 saturated heterocycles. The zero-order valence-corrected chi connectivity index (χ0v) is 23.9. The molecule has 0 N–H and O–H groups in total. The lowest BCUT2D eigenvalue weighted by Crippen LogP contribution is -2.24. The van der Waals surface area contributed by atoms with Crippen LogP contribution in [0, 0.1) is 54.8 Å². The van der Waals surface area contributed by atoms with Crippen molar-refractivity contribution in [1.82, 2.24) is 19.9 Å². The van der Waals surface area contributed by atoms with Gasteiger partial charge in [-0.3, -0.25) is 15.0 Å². The first-order valence-electron chi connectivity index (χ1n) is 13.5. The Morgan fingerprint density at radius 3 is 1.18 bits per heavy atom. The topological polar surface area (TPSA) is 197 Å². The van der Waals surface area contributed by atoms with E-state index in [2.05, 4.69) is 63.1 Å². The molecule has 0 spiro atoms. The van der Waals surface area contributed by atoms with E-state index < -0.39 is 0 Å². The summed E-state index contributed by atoms with van der Waals surface area (Å²) < 4.78 is 0. The molecule has 3 aliphatic heterocycles. The molecule has 45 heavy (non-hydrogen) atoms. The Hall–Kier alpha value is -6.91. The Bertz CT molecular complexity index is 2350. The third-order valence-corrected chi connectivity index (χ3v) is 7.21. The number of hydrogen-bond donors (Lipinski definition) is 0. The first-order chi connectivity index (χ1) is 21.9. The van der Waals surface area contributed by atoms with Gasteiger partial charge in [0.05, 0.1) is 46.1 Å². The smallest absolute Gasteiger partial charge is 0.173 e. The van der Waals surface area contributed by atoms with Gasteiger partial charge in [0, 0.05) is 24.2 Å². The molecule has 210 valence electrons. The molecule has 0 amide bonds. The number of aromatic nitrogens is 4. The summed E-state index contributed by atoms with van der Waals surface area (Å²) in [6.45, 7) is 5.55. The molecule has 0 fully saturated rings. The van der Waals surface area contributed by atoms with Crippen molar-refractivity contribution >= 4 is 16.7 Å². The molecular formula is C32H17N13. The van der Waals surface area contributed by atoms with Crippen LogP contribution in [0.1, 0.15) is 33.6 Å². The standard InChI is InChI=1S/C32H17N13/c1-15-9-36-12-24-27(15)43-30(40-24)19(6-33)18-4-22(20(7-34)31-41-25-13-37-10-16(2)28(25)44-31)39-23(5-18)21(8-35)32-42-26-14-38-11-17(3)29(26)45-32/h4-5,9-14H,1-3H3/b30-19+,31-20+,32-21+. The van der Waals surface area contributed by atoms with Crippen LogP contribution in [0.5, 0.6) is 0 Å². The van der Waals surface area contributed by atoms with Crippen molar-refractivity contribution in [2.24, 2.45) is 30.0 Å². The minimum atomic E-state index is 0.0329. The van der Waals surface area contributed by atoms with E-state index in [4.69, 9.17) is 4.98 Å². The molecule has 3 aliphatic rings. The van der Waals surface area contributed by atoms with Gasteiger partial charge in [-0.05, 0) is 49.6 Å². The third kappa shape index (κ3) is 4.47. The second-order valence-corrected chi connectivity index (χ2v) is 10.2. The zero-order valence-electron chi connectivity index (χ0n) is 23.9. The first kappa shape index (κ1) is 27.0. The van der Waals surface area contributed by atoms with Gasteiger partial charge in [0.15, 0.2) is 17.5 Å². The molecule has 0 unspecified atom stereocenters. The number of aryl methyl sites for hydroxylation is 3. The number of nitriles is 3. The predicted molar refractivity (Wildman–Crippen MR) is 156 cm³/mol. The van der Waals surface area contributed by atoms with Crippen molar-refractivity contribution in [3.8, 4) is 18.2 Å². The van der Waals surface area contributed by atoms with Crippen LogP contribution in [0.15, 0.2) is 96.7 Å². The van der Waals surface area contributed by atoms with Gasteiger partial charge >= 0.3 is 0 Å². The molecule has 0 radical (unpaired) electrons. The zero-order chi connectivity index (χ0) is 31.2. The average molecular weight is 584 g/mol. The fraction of sp³-hybridized carbons (Fsp3) is 0.0938. The van der Waals surface area contributed by atoms with Gasteiger partial charge in [0.1, 0.15) is 51.0 Å². The lowest BCUT2D eigenvalue weighted by molar-refractivity contribution is 1.16. The lowest BCUT2D eigenvalue weighted by Gasteiger charge is -2.09. The van der Waals surface area contributed by atoms with Gasteiger partial charge in [-0.1, -0.05) is 0 Å². The Morgan fingerprint density at radius 1 is 0.489 bits per heavy atom. The van der Waals surface area contributed by atoms with Crippen molar-refractivity contribution < 1.29 is 0 Å². The second-order valence-electron chi connectivity index (χ2n) is 10.2. The number of rotatable bonds is 3. The van der Waals surface area contributed by atoms with Crippen molar-refractivity contribution in [2.75, 3.05) is 0 Å². The van der Waals surface area contributed by atoms with E-state index in [0.717, 1.165) is 16.7 Å². The molecule has 4 aromatic rings. The van der Waals surface area contributed by atoms with Gasteiger partial charge in [-0.25, -0.2) is 34.9 Å². The summed E-state index contributed by atoms with van der Waals surface area (Å²) in [5.41, 5.74) is 3.15. The summed E-state index contributed by atoms with van der Waals surface area (Å²) in [7, 11) is 0. The Morgan fingerprint density at radius 2 is 0.844 bits per heavy atom. The fourth-order valence-corrected chi connectivity index (χ4v) is 5.00. The first-order valence-corrected chi connectivity index (χ1v) is 13.5. The summed E-state index contributed by atoms with van der Waals surface area (Å²) in [5, 5.41) is 34.5. The van der Waals surface area contributed by atoms with Crippen LogP contribution >= 0.6 is 0 Å². The van der Waals surface area contributed by atoms with Gasteiger partial charge < -0.3 is 0 Å². The molecule has 0 bridgehead atoms. The van der Waals surface area contributed by atoms with Crippen molar-refractivity contribution in [1.29, 1.82) is 15.8 Å². The molecule has 0 saturated carbocycles. The van der Waals surface area contributed by atoms with Crippen LogP contribution in [0.2, 0.25) is 0 Å². The lowest BCUT2D eigenvalue weighted by atomic mass is 10.0. The largest absolute Gasteiger partial charge is 0.262 e. The molecule has 0 atom stereocenters. The molecule has 0 aromatic carbocycles. The number of nitrogens with zero attached hydrogens (tertiary/aromatic N) is 13. The molecular weight excluding hydrogens is 566 g/mol. The quantitative estimate of drug-likeness (QED) is 0.315. The fourth-order valence-electron chi connectivity index (χ4n) is 5.00. The minimum absolute atomic E-state index is 0.0329. The maximum atomic E-state index is 10.4. The third-order valence-electron chi connectivity index (χ3n) is 7.21. The molecule has 4 aromatic heterocycles. The van der Waals surface area contributed by atoms with Crippen molar-refractivity contribution in [3.05, 3.63) is 133 Å². The van der Waals surface area contributed by atoms with Gasteiger partial charge in [0.2, 0.25) is 0 Å². The van der Waals surface area contributed by atoms with E-state index in [1.54, 1.807) is 49.3 Å².